The summed E-state index contributed by atoms with van der Waals surface area (Å²) in [6.45, 7) is 3.47. The minimum Gasteiger partial charge on any atom is -0.471 e. The van der Waals surface area contributed by atoms with Gasteiger partial charge in [0.2, 0.25) is 0 Å². The van der Waals surface area contributed by atoms with Crippen molar-refractivity contribution in [1.29, 1.82) is 0 Å². The van der Waals surface area contributed by atoms with Crippen LogP contribution in [0.1, 0.15) is 22.6 Å². The molecular weight excluding hydrogens is 478 g/mol. The quantitative estimate of drug-likeness (QED) is 0.482. The summed E-state index contributed by atoms with van der Waals surface area (Å²) < 4.78 is 11.1. The standard InChI is InChI=1S/C18H19Br2N5O2/c1-13-16(20)11-24(22-13)9-2-8-21-18(26)17-7-10-25(23-17)12-27-15-5-3-14(19)4-6-15/h3-7,10-11H,2,8-9,12H2,1H3,(H,21,26). The monoisotopic (exact) mass is 495 g/mol. The number of nitrogens with zero attached hydrogens (tertiary/aromatic N) is 4. The lowest BCUT2D eigenvalue weighted by atomic mass is 10.3. The van der Waals surface area contributed by atoms with Crippen LogP contribution in [0.2, 0.25) is 0 Å². The first kappa shape index (κ1) is 19.6. The van der Waals surface area contributed by atoms with Crippen LogP contribution in [0.25, 0.3) is 0 Å². The zero-order chi connectivity index (χ0) is 19.2. The van der Waals surface area contributed by atoms with Crippen LogP contribution in [-0.2, 0) is 13.3 Å². The average Bonchev–Trinajstić information content (AvgIpc) is 3.25. The first-order valence-electron chi connectivity index (χ1n) is 8.41. The minimum atomic E-state index is -0.199. The third-order valence-electron chi connectivity index (χ3n) is 3.79. The average molecular weight is 497 g/mol. The molecule has 3 rings (SSSR count). The molecule has 3 aromatic rings. The Labute approximate surface area is 174 Å². The fourth-order valence-corrected chi connectivity index (χ4v) is 2.95. The van der Waals surface area contributed by atoms with Crippen LogP contribution < -0.4 is 10.1 Å². The van der Waals surface area contributed by atoms with Crippen LogP contribution in [0.4, 0.5) is 0 Å². The van der Waals surface area contributed by atoms with Gasteiger partial charge in [-0.3, -0.25) is 9.48 Å². The van der Waals surface area contributed by atoms with Crippen LogP contribution in [0.3, 0.4) is 0 Å². The molecule has 2 aromatic heterocycles. The lowest BCUT2D eigenvalue weighted by Crippen LogP contribution is -2.26. The maximum Gasteiger partial charge on any atom is 0.271 e. The molecule has 0 saturated carbocycles. The predicted molar refractivity (Wildman–Crippen MR) is 109 cm³/mol. The van der Waals surface area contributed by atoms with E-state index in [1.54, 1.807) is 16.9 Å². The zero-order valence-corrected chi connectivity index (χ0v) is 17.9. The van der Waals surface area contributed by atoms with E-state index in [1.807, 2.05) is 42.1 Å². The second-order valence-electron chi connectivity index (χ2n) is 5.90. The van der Waals surface area contributed by atoms with Gasteiger partial charge in [-0.2, -0.15) is 10.2 Å². The number of amides is 1. The smallest absolute Gasteiger partial charge is 0.271 e. The number of carbonyl (C=O) groups excluding carboxylic acids is 1. The number of rotatable bonds is 8. The van der Waals surface area contributed by atoms with Crippen LogP contribution in [0.15, 0.2) is 51.7 Å². The molecule has 9 heteroatoms. The third-order valence-corrected chi connectivity index (χ3v) is 5.09. The van der Waals surface area contributed by atoms with Crippen molar-refractivity contribution in [3.05, 3.63) is 63.1 Å². The Hall–Kier alpha value is -2.13. The van der Waals surface area contributed by atoms with Crippen molar-refractivity contribution in [2.75, 3.05) is 6.54 Å². The number of ether oxygens (including phenoxy) is 1. The van der Waals surface area contributed by atoms with Crippen LogP contribution >= 0.6 is 31.9 Å². The summed E-state index contributed by atoms with van der Waals surface area (Å²) in [7, 11) is 0. The Morgan fingerprint density at radius 2 is 1.93 bits per heavy atom. The molecule has 0 aliphatic heterocycles. The highest BCUT2D eigenvalue weighted by atomic mass is 79.9. The molecule has 0 fully saturated rings. The van der Waals surface area contributed by atoms with Crippen LogP contribution in [0, 0.1) is 6.92 Å². The van der Waals surface area contributed by atoms with E-state index in [9.17, 15) is 4.79 Å². The number of aromatic nitrogens is 4. The van der Waals surface area contributed by atoms with E-state index in [1.165, 1.54) is 0 Å². The highest BCUT2D eigenvalue weighted by molar-refractivity contribution is 9.10. The lowest BCUT2D eigenvalue weighted by molar-refractivity contribution is 0.0945. The van der Waals surface area contributed by atoms with Crippen molar-refractivity contribution in [2.45, 2.75) is 26.6 Å². The first-order valence-corrected chi connectivity index (χ1v) is 9.99. The van der Waals surface area contributed by atoms with E-state index in [4.69, 9.17) is 4.74 Å². The van der Waals surface area contributed by atoms with E-state index < -0.39 is 0 Å². The van der Waals surface area contributed by atoms with E-state index in [0.29, 0.717) is 12.2 Å². The maximum atomic E-state index is 12.2. The van der Waals surface area contributed by atoms with Crippen LogP contribution in [0.5, 0.6) is 5.75 Å². The predicted octanol–water partition coefficient (Wildman–Crippen LogP) is 3.77. The Morgan fingerprint density at radius 1 is 1.15 bits per heavy atom. The molecule has 0 aliphatic carbocycles. The summed E-state index contributed by atoms with van der Waals surface area (Å²) in [5.41, 5.74) is 1.32. The van der Waals surface area contributed by atoms with Gasteiger partial charge in [0.15, 0.2) is 6.73 Å². The van der Waals surface area contributed by atoms with Crippen molar-refractivity contribution >= 4 is 37.8 Å². The molecule has 7 nitrogen and oxygen atoms in total. The molecule has 1 amide bonds. The van der Waals surface area contributed by atoms with E-state index in [0.717, 1.165) is 33.4 Å². The fourth-order valence-electron chi connectivity index (χ4n) is 2.37. The Bertz CT molecular complexity index is 885. The molecule has 0 aliphatic rings. The molecule has 1 aromatic carbocycles. The summed E-state index contributed by atoms with van der Waals surface area (Å²) in [5, 5.41) is 11.5. The van der Waals surface area contributed by atoms with Gasteiger partial charge in [-0.1, -0.05) is 15.9 Å². The van der Waals surface area contributed by atoms with Gasteiger partial charge >= 0.3 is 0 Å². The molecule has 0 bridgehead atoms. The number of carbonyl (C=O) groups is 1. The van der Waals surface area contributed by atoms with Gasteiger partial charge in [0.05, 0.1) is 10.2 Å². The summed E-state index contributed by atoms with van der Waals surface area (Å²) in [5.74, 6) is 0.537. The Balaban J connectivity index is 1.41. The molecule has 0 spiro atoms. The highest BCUT2D eigenvalue weighted by Crippen LogP contribution is 2.16. The van der Waals surface area contributed by atoms with Crippen molar-refractivity contribution < 1.29 is 9.53 Å². The molecular formula is C18H19Br2N5O2. The summed E-state index contributed by atoms with van der Waals surface area (Å²) >= 11 is 6.82. The molecule has 27 heavy (non-hydrogen) atoms. The summed E-state index contributed by atoms with van der Waals surface area (Å²) in [4.78, 5) is 12.2. The number of hydrogen-bond acceptors (Lipinski definition) is 4. The van der Waals surface area contributed by atoms with Gasteiger partial charge in [-0.05, 0) is 59.6 Å². The molecule has 0 unspecified atom stereocenters. The highest BCUT2D eigenvalue weighted by Gasteiger charge is 2.09. The van der Waals surface area contributed by atoms with Crippen molar-refractivity contribution in [3.8, 4) is 5.75 Å². The largest absolute Gasteiger partial charge is 0.471 e. The molecule has 2 heterocycles. The number of halogens is 2. The number of hydrogen-bond donors (Lipinski definition) is 1. The normalized spacial score (nSPS) is 10.8. The molecule has 1 N–H and O–H groups in total. The van der Waals surface area contributed by atoms with Crippen molar-refractivity contribution in [1.82, 2.24) is 24.9 Å². The van der Waals surface area contributed by atoms with Gasteiger partial charge in [-0.15, -0.1) is 0 Å². The van der Waals surface area contributed by atoms with Crippen molar-refractivity contribution in [3.63, 3.8) is 0 Å². The topological polar surface area (TPSA) is 74.0 Å². The lowest BCUT2D eigenvalue weighted by Gasteiger charge is -2.06. The second kappa shape index (κ2) is 9.18. The number of nitrogens with one attached hydrogen (secondary N) is 1. The zero-order valence-electron chi connectivity index (χ0n) is 14.7. The van der Waals surface area contributed by atoms with Gasteiger partial charge in [0.25, 0.3) is 5.91 Å². The van der Waals surface area contributed by atoms with Gasteiger partial charge in [0.1, 0.15) is 11.4 Å². The van der Waals surface area contributed by atoms with E-state index >= 15 is 0 Å². The summed E-state index contributed by atoms with van der Waals surface area (Å²) in [6.07, 6.45) is 4.44. The molecule has 142 valence electrons. The van der Waals surface area contributed by atoms with Gasteiger partial charge in [0, 0.05) is 30.0 Å². The molecule has 0 radical (unpaired) electrons. The maximum absolute atomic E-state index is 12.2. The fraction of sp³-hybridized carbons (Fsp3) is 0.278. The SMILES string of the molecule is Cc1nn(CCCNC(=O)c2ccn(COc3ccc(Br)cc3)n2)cc1Br. The first-order chi connectivity index (χ1) is 13.0. The number of aryl methyl sites for hydroxylation is 2. The third kappa shape index (κ3) is 5.67. The molecule has 0 saturated heterocycles. The van der Waals surface area contributed by atoms with E-state index in [2.05, 4.69) is 47.4 Å². The number of benzene rings is 1. The van der Waals surface area contributed by atoms with E-state index in [-0.39, 0.29) is 12.6 Å². The second-order valence-corrected chi connectivity index (χ2v) is 7.67. The molecule has 0 atom stereocenters. The van der Waals surface area contributed by atoms with Gasteiger partial charge in [-0.25, -0.2) is 4.68 Å². The minimum absolute atomic E-state index is 0.199. The van der Waals surface area contributed by atoms with Gasteiger partial charge < -0.3 is 10.1 Å². The van der Waals surface area contributed by atoms with Crippen molar-refractivity contribution in [2.24, 2.45) is 0 Å². The Kier molecular flexibility index (Phi) is 6.68. The van der Waals surface area contributed by atoms with Crippen LogP contribution in [-0.4, -0.2) is 32.0 Å². The Morgan fingerprint density at radius 3 is 2.63 bits per heavy atom. The summed E-state index contributed by atoms with van der Waals surface area (Å²) in [6, 6.07) is 9.21.